The van der Waals surface area contributed by atoms with E-state index in [-0.39, 0.29) is 0 Å². The van der Waals surface area contributed by atoms with Crippen LogP contribution in [0, 0.1) is 22.7 Å². The van der Waals surface area contributed by atoms with Crippen molar-refractivity contribution >= 4 is 34.3 Å². The number of hydrogen-bond donors (Lipinski definition) is 0. The van der Waals surface area contributed by atoms with Gasteiger partial charge in [0.1, 0.15) is 0 Å². The van der Waals surface area contributed by atoms with Gasteiger partial charge in [0.25, 0.3) is 0 Å². The summed E-state index contributed by atoms with van der Waals surface area (Å²) in [5, 5.41) is 23.5. The number of nitriles is 2. The van der Waals surface area contributed by atoms with Crippen molar-refractivity contribution in [1.29, 1.82) is 10.5 Å². The zero-order chi connectivity index (χ0) is 75.6. The summed E-state index contributed by atoms with van der Waals surface area (Å²) in [7, 11) is 0. The quantitative estimate of drug-likeness (QED) is 0.134. The molecule has 2 spiro atoms. The molecule has 4 aliphatic rings. The number of fused-ring (bicyclic) bond motifs is 19. The number of nitrogens with zero attached hydrogens (tertiary/aromatic N) is 6. The molecule has 22 rings (SSSR count). The summed E-state index contributed by atoms with van der Waals surface area (Å²) in [6.45, 7) is 0. The van der Waals surface area contributed by atoms with Crippen LogP contribution in [0.15, 0.2) is 396 Å². The van der Waals surface area contributed by atoms with Crippen LogP contribution in [-0.4, -0.2) is 19.9 Å². The molecule has 2 aromatic heterocycles. The van der Waals surface area contributed by atoms with E-state index >= 15 is 0 Å². The first-order valence-corrected chi connectivity index (χ1v) is 39.9. The first-order valence-electron chi connectivity index (χ1n) is 38.3. The van der Waals surface area contributed by atoms with E-state index in [1.807, 2.05) is 59.9 Å². The van der Waals surface area contributed by atoms with Gasteiger partial charge in [-0.1, -0.05) is 303 Å². The van der Waals surface area contributed by atoms with Crippen molar-refractivity contribution in [2.45, 2.75) is 30.4 Å². The Morgan fingerprint density at radius 1 is 0.211 bits per heavy atom. The summed E-state index contributed by atoms with van der Waals surface area (Å²) >= 11 is 3.67. The molecule has 0 saturated heterocycles. The molecule has 0 unspecified atom stereocenters. The Morgan fingerprint density at radius 2 is 0.553 bits per heavy atom. The van der Waals surface area contributed by atoms with E-state index in [0.717, 1.165) is 134 Å². The van der Waals surface area contributed by atoms with E-state index in [0.29, 0.717) is 22.8 Å². The molecule has 0 atom stereocenters. The van der Waals surface area contributed by atoms with Crippen molar-refractivity contribution < 1.29 is 0 Å². The van der Waals surface area contributed by atoms with Gasteiger partial charge < -0.3 is 0 Å². The van der Waals surface area contributed by atoms with Gasteiger partial charge in [-0.05, 0) is 214 Å². The minimum absolute atomic E-state index is 0.582. The molecule has 0 bridgehead atoms. The lowest BCUT2D eigenvalue weighted by molar-refractivity contribution is 0.722. The summed E-state index contributed by atoms with van der Waals surface area (Å²) in [5.74, 6) is 1.26. The minimum atomic E-state index is -0.652. The molecule has 4 heterocycles. The molecular formula is C106H62N6S2. The largest absolute Gasteiger partial charge is 0.228 e. The van der Waals surface area contributed by atoms with Crippen LogP contribution in [0.25, 0.3) is 145 Å². The lowest BCUT2D eigenvalue weighted by atomic mass is 9.67. The van der Waals surface area contributed by atoms with Crippen molar-refractivity contribution in [3.05, 3.63) is 432 Å². The minimum Gasteiger partial charge on any atom is -0.228 e. The zero-order valence-corrected chi connectivity index (χ0v) is 62.9. The van der Waals surface area contributed by atoms with Gasteiger partial charge in [-0.2, -0.15) is 10.5 Å². The fraction of sp³-hybridized carbons (Fsp3) is 0.0189. The maximum Gasteiger partial charge on any atom is 0.160 e. The molecule has 2 aliphatic carbocycles. The second-order valence-electron chi connectivity index (χ2n) is 29.7. The lowest BCUT2D eigenvalue weighted by Crippen LogP contribution is -2.31. The average Bonchev–Trinajstić information content (AvgIpc) is 1.51. The molecule has 2 aliphatic heterocycles. The van der Waals surface area contributed by atoms with Crippen molar-refractivity contribution in [3.8, 4) is 147 Å². The maximum atomic E-state index is 11.2. The Hall–Kier alpha value is -14.4. The molecule has 18 aromatic rings. The monoisotopic (exact) mass is 1480 g/mol. The normalized spacial score (nSPS) is 13.1. The smallest absolute Gasteiger partial charge is 0.160 e. The van der Waals surface area contributed by atoms with E-state index in [1.165, 1.54) is 64.1 Å². The predicted octanol–water partition coefficient (Wildman–Crippen LogP) is 26.5. The second kappa shape index (κ2) is 26.7. The highest BCUT2D eigenvalue weighted by molar-refractivity contribution is 7.99. The molecule has 8 heteroatoms. The molecular weight excluding hydrogens is 1420 g/mol. The molecule has 0 saturated carbocycles. The van der Waals surface area contributed by atoms with Gasteiger partial charge in [0.2, 0.25) is 0 Å². The molecule has 0 amide bonds. The highest BCUT2D eigenvalue weighted by Crippen LogP contribution is 2.65. The lowest BCUT2D eigenvalue weighted by Gasteiger charge is -2.39. The highest BCUT2D eigenvalue weighted by atomic mass is 32.2. The van der Waals surface area contributed by atoms with Crippen molar-refractivity contribution in [3.63, 3.8) is 0 Å². The van der Waals surface area contributed by atoms with E-state index in [2.05, 4.69) is 352 Å². The van der Waals surface area contributed by atoms with Gasteiger partial charge in [-0.15, -0.1) is 0 Å². The predicted molar refractivity (Wildman–Crippen MR) is 462 cm³/mol. The van der Waals surface area contributed by atoms with Crippen LogP contribution in [0.1, 0.15) is 55.6 Å². The SMILES string of the molecule is N#Cc1cccc(-c2ccc3c(c2)-c2cc(-c4cc(-c5ccc(-c6ccc(C#N)c(-c7ccc8c(c7)-c7cc(-c9cc(-c%10ccccc%10)nc(-c%10ccc%11ccccc%11c%10)n9)ccc7C87c8ccccc8Sc8ccccc87)c6)cc5)nc(-c5cccc(-c6ccccc6)c5)n4)ccc2C32c3ccccc3Sc3ccccc32)c1. The topological polar surface area (TPSA) is 99.1 Å². The van der Waals surface area contributed by atoms with E-state index < -0.39 is 10.8 Å². The van der Waals surface area contributed by atoms with Crippen molar-refractivity contribution in [2.24, 2.45) is 0 Å². The molecule has 0 N–H and O–H groups in total. The molecule has 6 nitrogen and oxygen atoms in total. The Balaban J connectivity index is 0.672. The van der Waals surface area contributed by atoms with E-state index in [9.17, 15) is 10.5 Å². The van der Waals surface area contributed by atoms with Crippen molar-refractivity contribution in [2.75, 3.05) is 0 Å². The number of rotatable bonds is 10. The van der Waals surface area contributed by atoms with Crippen LogP contribution in [-0.2, 0) is 10.8 Å². The van der Waals surface area contributed by atoms with Crippen LogP contribution in [0.2, 0.25) is 0 Å². The Labute approximate surface area is 668 Å². The van der Waals surface area contributed by atoms with Gasteiger partial charge in [0.15, 0.2) is 11.6 Å². The third-order valence-electron chi connectivity index (χ3n) is 23.5. The molecule has 114 heavy (non-hydrogen) atoms. The highest BCUT2D eigenvalue weighted by Gasteiger charge is 2.52. The molecule has 528 valence electrons. The Kier molecular flexibility index (Phi) is 15.6. The first kappa shape index (κ1) is 66.6. The van der Waals surface area contributed by atoms with Gasteiger partial charge in [0.05, 0.1) is 56.9 Å². The maximum absolute atomic E-state index is 11.2. The van der Waals surface area contributed by atoms with Crippen molar-refractivity contribution in [1.82, 2.24) is 19.9 Å². The fourth-order valence-corrected chi connectivity index (χ4v) is 20.7. The van der Waals surface area contributed by atoms with Crippen LogP contribution in [0.3, 0.4) is 0 Å². The van der Waals surface area contributed by atoms with Crippen LogP contribution in [0.4, 0.5) is 0 Å². The second-order valence-corrected chi connectivity index (χ2v) is 31.8. The Bertz CT molecular complexity index is 7060. The fourth-order valence-electron chi connectivity index (χ4n) is 18.3. The summed E-state index contributed by atoms with van der Waals surface area (Å²) in [6, 6.07) is 140. The van der Waals surface area contributed by atoms with Gasteiger partial charge >= 0.3 is 0 Å². The average molecular weight is 1480 g/mol. The third-order valence-corrected chi connectivity index (χ3v) is 25.8. The summed E-state index contributed by atoms with van der Waals surface area (Å²) < 4.78 is 0. The standard InChI is InChI=1S/C106H62N6S2/c107-63-65-19-17-26-71(53-65)75-45-49-87-83(57-75)85-59-77(47-51-89(85)105(87)91-29-9-13-33-99(91)113-100-34-14-10-30-92(100)105)98-62-96(110-103(111-98)79-28-18-27-73(54-79)66-20-3-1-4-21-66)70-40-37-68(38-41-70)74-42-44-81(64-108)82(56-74)76-46-50-88-84(58-76)86-60-78(48-52-90(86)106(88)93-31-11-15-35-101(93)114-102-36-16-12-32-94(102)106)97-61-95(69-23-5-2-6-24-69)109-104(112-97)80-43-39-67-22-7-8-25-72(67)55-80/h1-62H. The number of benzene rings is 16. The summed E-state index contributed by atoms with van der Waals surface area (Å²) in [4.78, 5) is 26.7. The number of hydrogen-bond acceptors (Lipinski definition) is 8. The van der Waals surface area contributed by atoms with Gasteiger partial charge in [0, 0.05) is 58.5 Å². The zero-order valence-electron chi connectivity index (χ0n) is 61.3. The van der Waals surface area contributed by atoms with Gasteiger partial charge in [-0.25, -0.2) is 19.9 Å². The van der Waals surface area contributed by atoms with E-state index in [4.69, 9.17) is 19.9 Å². The first-order chi connectivity index (χ1) is 56.3. The summed E-state index contributed by atoms with van der Waals surface area (Å²) in [6.07, 6.45) is 0. The van der Waals surface area contributed by atoms with Crippen LogP contribution < -0.4 is 0 Å². The summed E-state index contributed by atoms with van der Waals surface area (Å²) in [5.41, 5.74) is 31.1. The Morgan fingerprint density at radius 3 is 1.09 bits per heavy atom. The van der Waals surface area contributed by atoms with E-state index in [1.54, 1.807) is 0 Å². The molecule has 0 radical (unpaired) electrons. The van der Waals surface area contributed by atoms with Crippen LogP contribution >= 0.6 is 23.5 Å². The molecule has 16 aromatic carbocycles. The third kappa shape index (κ3) is 10.6. The van der Waals surface area contributed by atoms with Crippen LogP contribution in [0.5, 0.6) is 0 Å². The van der Waals surface area contributed by atoms with Gasteiger partial charge in [-0.3, -0.25) is 0 Å². The number of aromatic nitrogens is 4. The molecule has 0 fully saturated rings.